The molecule has 116 valence electrons. The highest BCUT2D eigenvalue weighted by Crippen LogP contribution is 2.44. The summed E-state index contributed by atoms with van der Waals surface area (Å²) in [5.41, 5.74) is 5.93. The second-order valence-electron chi connectivity index (χ2n) is 6.26. The summed E-state index contributed by atoms with van der Waals surface area (Å²) in [7, 11) is 4.02. The number of aryl methyl sites for hydroxylation is 1. The number of likely N-dealkylation sites (N-methyl/N-ethyl adjacent to an activating group) is 1. The smallest absolute Gasteiger partial charge is 0.119 e. The first kappa shape index (κ1) is 15.4. The number of benzene rings is 2. The van der Waals surface area contributed by atoms with Crippen LogP contribution in [-0.4, -0.2) is 25.1 Å². The van der Waals surface area contributed by atoms with Crippen LogP contribution in [0.25, 0.3) is 0 Å². The maximum Gasteiger partial charge on any atom is 0.119 e. The van der Waals surface area contributed by atoms with Crippen molar-refractivity contribution < 1.29 is 4.74 Å². The van der Waals surface area contributed by atoms with Crippen molar-refractivity contribution in [3.63, 3.8) is 0 Å². The molecule has 0 fully saturated rings. The van der Waals surface area contributed by atoms with E-state index < -0.39 is 0 Å². The molecule has 0 N–H and O–H groups in total. The number of methoxy groups -OCH3 is 1. The van der Waals surface area contributed by atoms with Gasteiger partial charge >= 0.3 is 0 Å². The molecule has 0 radical (unpaired) electrons. The first-order valence-corrected chi connectivity index (χ1v) is 7.73. The van der Waals surface area contributed by atoms with Crippen LogP contribution in [0.3, 0.4) is 0 Å². The molecule has 0 spiro atoms. The van der Waals surface area contributed by atoms with Crippen molar-refractivity contribution in [3.05, 3.63) is 64.7 Å². The van der Waals surface area contributed by atoms with Crippen LogP contribution in [0.2, 0.25) is 0 Å². The SMILES string of the molecule is COc1ccc2c(c1)[C@H]1c3ccccc3CN(C)[C@@H]1CC2.Cl. The van der Waals surface area contributed by atoms with E-state index >= 15 is 0 Å². The Hall–Kier alpha value is -1.51. The summed E-state index contributed by atoms with van der Waals surface area (Å²) in [5.74, 6) is 1.46. The quantitative estimate of drug-likeness (QED) is 0.788. The number of hydrogen-bond donors (Lipinski definition) is 0. The molecule has 0 amide bonds. The first-order chi connectivity index (χ1) is 10.3. The zero-order valence-electron chi connectivity index (χ0n) is 13.1. The minimum Gasteiger partial charge on any atom is -0.497 e. The van der Waals surface area contributed by atoms with Gasteiger partial charge in [0, 0.05) is 18.5 Å². The van der Waals surface area contributed by atoms with Crippen molar-refractivity contribution in [2.45, 2.75) is 31.3 Å². The molecule has 0 bridgehead atoms. The van der Waals surface area contributed by atoms with Crippen LogP contribution >= 0.6 is 12.4 Å². The molecule has 0 aromatic heterocycles. The van der Waals surface area contributed by atoms with Crippen molar-refractivity contribution in [1.29, 1.82) is 0 Å². The third-order valence-electron chi connectivity index (χ3n) is 5.16. The molecule has 0 saturated heterocycles. The Morgan fingerprint density at radius 1 is 1.05 bits per heavy atom. The molecule has 1 heterocycles. The third kappa shape index (κ3) is 2.31. The molecule has 2 aromatic rings. The summed E-state index contributed by atoms with van der Waals surface area (Å²) < 4.78 is 5.46. The normalized spacial score (nSPS) is 22.8. The number of fused-ring (bicyclic) bond motifs is 5. The minimum absolute atomic E-state index is 0. The highest BCUT2D eigenvalue weighted by Gasteiger charge is 2.37. The Morgan fingerprint density at radius 3 is 2.68 bits per heavy atom. The average Bonchev–Trinajstić information content (AvgIpc) is 2.54. The van der Waals surface area contributed by atoms with Gasteiger partial charge in [-0.25, -0.2) is 0 Å². The van der Waals surface area contributed by atoms with Crippen LogP contribution in [0.4, 0.5) is 0 Å². The highest BCUT2D eigenvalue weighted by molar-refractivity contribution is 5.85. The lowest BCUT2D eigenvalue weighted by molar-refractivity contribution is 0.178. The molecule has 1 aliphatic carbocycles. The van der Waals surface area contributed by atoms with Crippen LogP contribution in [0, 0.1) is 0 Å². The average molecular weight is 316 g/mol. The molecule has 1 aliphatic heterocycles. The Kier molecular flexibility index (Phi) is 4.16. The zero-order chi connectivity index (χ0) is 14.4. The summed E-state index contributed by atoms with van der Waals surface area (Å²) in [4.78, 5) is 2.52. The Morgan fingerprint density at radius 2 is 1.86 bits per heavy atom. The predicted octanol–water partition coefficient (Wildman–Crippen LogP) is 4.01. The maximum atomic E-state index is 5.46. The number of nitrogens with zero attached hydrogens (tertiary/aromatic N) is 1. The fraction of sp³-hybridized carbons (Fsp3) is 0.368. The van der Waals surface area contributed by atoms with E-state index in [0.29, 0.717) is 12.0 Å². The van der Waals surface area contributed by atoms with Gasteiger partial charge in [0.2, 0.25) is 0 Å². The molecule has 2 aromatic carbocycles. The lowest BCUT2D eigenvalue weighted by Crippen LogP contribution is -2.43. The van der Waals surface area contributed by atoms with Gasteiger partial charge in [-0.1, -0.05) is 30.3 Å². The van der Waals surface area contributed by atoms with E-state index in [1.807, 2.05) is 0 Å². The zero-order valence-corrected chi connectivity index (χ0v) is 13.9. The van der Waals surface area contributed by atoms with Gasteiger partial charge in [-0.15, -0.1) is 12.4 Å². The van der Waals surface area contributed by atoms with Crippen molar-refractivity contribution in [3.8, 4) is 5.75 Å². The van der Waals surface area contributed by atoms with E-state index in [1.54, 1.807) is 7.11 Å². The monoisotopic (exact) mass is 315 g/mol. The van der Waals surface area contributed by atoms with Gasteiger partial charge in [0.25, 0.3) is 0 Å². The van der Waals surface area contributed by atoms with Crippen LogP contribution in [0.5, 0.6) is 5.75 Å². The second-order valence-corrected chi connectivity index (χ2v) is 6.26. The van der Waals surface area contributed by atoms with Crippen LogP contribution in [-0.2, 0) is 13.0 Å². The molecule has 0 unspecified atom stereocenters. The summed E-state index contributed by atoms with van der Waals surface area (Å²) in [6.45, 7) is 1.07. The first-order valence-electron chi connectivity index (χ1n) is 7.73. The van der Waals surface area contributed by atoms with E-state index in [1.165, 1.54) is 35.1 Å². The fourth-order valence-corrected chi connectivity index (χ4v) is 4.11. The van der Waals surface area contributed by atoms with Gasteiger partial charge < -0.3 is 4.74 Å². The largest absolute Gasteiger partial charge is 0.497 e. The molecule has 2 aliphatic rings. The van der Waals surface area contributed by atoms with Gasteiger partial charge in [-0.05, 0) is 54.3 Å². The lowest BCUT2D eigenvalue weighted by atomic mass is 9.72. The lowest BCUT2D eigenvalue weighted by Gasteiger charge is -2.44. The Bertz CT molecular complexity index is 685. The summed E-state index contributed by atoms with van der Waals surface area (Å²) in [6.07, 6.45) is 2.42. The van der Waals surface area contributed by atoms with Crippen molar-refractivity contribution in [2.75, 3.05) is 14.2 Å². The molecule has 3 heteroatoms. The van der Waals surface area contributed by atoms with E-state index in [-0.39, 0.29) is 12.4 Å². The molecular formula is C19H22ClNO. The molecule has 2 nitrogen and oxygen atoms in total. The number of hydrogen-bond acceptors (Lipinski definition) is 2. The fourth-order valence-electron chi connectivity index (χ4n) is 4.11. The predicted molar refractivity (Wildman–Crippen MR) is 92.1 cm³/mol. The Balaban J connectivity index is 0.00000144. The van der Waals surface area contributed by atoms with E-state index in [2.05, 4.69) is 54.4 Å². The molecule has 4 rings (SSSR count). The summed E-state index contributed by atoms with van der Waals surface area (Å²) in [6, 6.07) is 16.1. The molecule has 2 atom stereocenters. The maximum absolute atomic E-state index is 5.46. The van der Waals surface area contributed by atoms with Gasteiger partial charge in [0.1, 0.15) is 5.75 Å². The topological polar surface area (TPSA) is 12.5 Å². The summed E-state index contributed by atoms with van der Waals surface area (Å²) >= 11 is 0. The van der Waals surface area contributed by atoms with E-state index in [4.69, 9.17) is 4.74 Å². The van der Waals surface area contributed by atoms with Gasteiger partial charge in [-0.3, -0.25) is 4.90 Å². The second kappa shape index (κ2) is 5.94. The molecule has 0 saturated carbocycles. The number of rotatable bonds is 1. The highest BCUT2D eigenvalue weighted by atomic mass is 35.5. The number of halogens is 1. The van der Waals surface area contributed by atoms with E-state index in [9.17, 15) is 0 Å². The van der Waals surface area contributed by atoms with Crippen LogP contribution in [0.15, 0.2) is 42.5 Å². The van der Waals surface area contributed by atoms with Crippen LogP contribution in [0.1, 0.15) is 34.6 Å². The molecule has 22 heavy (non-hydrogen) atoms. The minimum atomic E-state index is 0. The summed E-state index contributed by atoms with van der Waals surface area (Å²) in [5, 5.41) is 0. The van der Waals surface area contributed by atoms with Gasteiger partial charge in [0.15, 0.2) is 0 Å². The van der Waals surface area contributed by atoms with Gasteiger partial charge in [-0.2, -0.15) is 0 Å². The van der Waals surface area contributed by atoms with Gasteiger partial charge in [0.05, 0.1) is 7.11 Å². The molecular weight excluding hydrogens is 294 g/mol. The number of ether oxygens (including phenoxy) is 1. The van der Waals surface area contributed by atoms with Crippen molar-refractivity contribution in [1.82, 2.24) is 4.90 Å². The standard InChI is InChI=1S/C19H21NO.ClH/c1-20-12-14-5-3-4-6-16(14)19-17-11-15(21-2)9-7-13(17)8-10-18(19)20;/h3-7,9,11,18-19H,8,10,12H2,1-2H3;1H/t18-,19-;/m1./s1. The Labute approximate surface area is 138 Å². The van der Waals surface area contributed by atoms with E-state index in [0.717, 1.165) is 12.3 Å². The van der Waals surface area contributed by atoms with Crippen molar-refractivity contribution >= 4 is 12.4 Å². The van der Waals surface area contributed by atoms with Crippen LogP contribution < -0.4 is 4.74 Å². The van der Waals surface area contributed by atoms with Crippen molar-refractivity contribution in [2.24, 2.45) is 0 Å². The third-order valence-corrected chi connectivity index (χ3v) is 5.16.